The van der Waals surface area contributed by atoms with Crippen molar-refractivity contribution in [3.8, 4) is 5.75 Å². The van der Waals surface area contributed by atoms with E-state index < -0.39 is 0 Å². The number of anilines is 2. The summed E-state index contributed by atoms with van der Waals surface area (Å²) in [6, 6.07) is 8.06. The molecule has 2 aromatic rings. The first-order valence-electron chi connectivity index (χ1n) is 10.2. The molecule has 0 spiro atoms. The van der Waals surface area contributed by atoms with Crippen LogP contribution in [-0.2, 0) is 4.79 Å². The maximum atomic E-state index is 11.3. The summed E-state index contributed by atoms with van der Waals surface area (Å²) < 4.78 is 6.17. The topological polar surface area (TPSA) is 67.3 Å². The fraction of sp³-hybridized carbons (Fsp3) is 0.500. The van der Waals surface area contributed by atoms with Crippen LogP contribution in [0.4, 0.5) is 11.8 Å². The molecule has 6 nitrogen and oxygen atoms in total. The van der Waals surface area contributed by atoms with Gasteiger partial charge < -0.3 is 19.7 Å². The molecular weight excluding hydrogens is 388 g/mol. The number of nitrogens with zero attached hydrogens (tertiary/aromatic N) is 3. The number of hydrogen-bond donors (Lipinski definition) is 1. The van der Waals surface area contributed by atoms with Gasteiger partial charge in [-0.05, 0) is 37.0 Å². The van der Waals surface area contributed by atoms with Gasteiger partial charge in [0.2, 0.25) is 5.95 Å². The molecule has 0 amide bonds. The third-order valence-corrected chi connectivity index (χ3v) is 5.32. The van der Waals surface area contributed by atoms with Crippen molar-refractivity contribution in [1.82, 2.24) is 9.97 Å². The van der Waals surface area contributed by atoms with Gasteiger partial charge in [-0.1, -0.05) is 37.6 Å². The first-order chi connectivity index (χ1) is 14.0. The molecule has 3 rings (SSSR count). The number of halogens is 1. The molecule has 2 atom stereocenters. The Bertz CT molecular complexity index is 828. The van der Waals surface area contributed by atoms with E-state index in [1.165, 1.54) is 0 Å². The Hall–Kier alpha value is -2.34. The van der Waals surface area contributed by atoms with Crippen molar-refractivity contribution in [2.24, 2.45) is 0 Å². The van der Waals surface area contributed by atoms with Crippen LogP contribution in [-0.4, -0.2) is 41.5 Å². The normalized spacial score (nSPS) is 17.2. The molecule has 156 valence electrons. The number of carbonyl (C=O) groups is 1. The SMILES string of the molecule is CCCNc1ncc(Cl)c(N2CC[C@@H](Oc3ccc([C@H](C)CC(C)=O)cc3)C2)n1. The number of rotatable bonds is 9. The minimum absolute atomic E-state index is 0.0774. The maximum absolute atomic E-state index is 11.3. The van der Waals surface area contributed by atoms with E-state index in [2.05, 4.69) is 34.0 Å². The monoisotopic (exact) mass is 416 g/mol. The lowest BCUT2D eigenvalue weighted by Crippen LogP contribution is -2.26. The summed E-state index contributed by atoms with van der Waals surface area (Å²) in [6.07, 6.45) is 4.20. The molecule has 1 saturated heterocycles. The standard InChI is InChI=1S/C22H29ClN4O2/c1-4-10-24-22-25-13-20(23)21(26-22)27-11-9-19(14-27)29-18-7-5-17(6-8-18)15(2)12-16(3)28/h5-8,13,15,19H,4,9-12,14H2,1-3H3,(H,24,25,26)/t15-,19-/m1/s1. The van der Waals surface area contributed by atoms with Gasteiger partial charge in [-0.25, -0.2) is 4.98 Å². The summed E-state index contributed by atoms with van der Waals surface area (Å²) in [5, 5.41) is 3.75. The van der Waals surface area contributed by atoms with Crippen molar-refractivity contribution in [2.75, 3.05) is 29.9 Å². The van der Waals surface area contributed by atoms with Crippen molar-refractivity contribution < 1.29 is 9.53 Å². The second kappa shape index (κ2) is 9.92. The van der Waals surface area contributed by atoms with E-state index in [1.54, 1.807) is 13.1 Å². The molecule has 0 saturated carbocycles. The lowest BCUT2D eigenvalue weighted by Gasteiger charge is -2.20. The molecule has 0 radical (unpaired) electrons. The van der Waals surface area contributed by atoms with Crippen LogP contribution < -0.4 is 15.0 Å². The highest BCUT2D eigenvalue weighted by molar-refractivity contribution is 6.32. The highest BCUT2D eigenvalue weighted by atomic mass is 35.5. The number of hydrogen-bond acceptors (Lipinski definition) is 6. The number of ether oxygens (including phenoxy) is 1. The van der Waals surface area contributed by atoms with Crippen LogP contribution in [0, 0.1) is 0 Å². The van der Waals surface area contributed by atoms with Crippen molar-refractivity contribution >= 4 is 29.2 Å². The van der Waals surface area contributed by atoms with Gasteiger partial charge in [-0.15, -0.1) is 0 Å². The predicted molar refractivity (Wildman–Crippen MR) is 117 cm³/mol. The molecule has 29 heavy (non-hydrogen) atoms. The van der Waals surface area contributed by atoms with E-state index >= 15 is 0 Å². The minimum Gasteiger partial charge on any atom is -0.489 e. The molecule has 1 aliphatic heterocycles. The Balaban J connectivity index is 1.59. The quantitative estimate of drug-likeness (QED) is 0.639. The molecule has 0 unspecified atom stereocenters. The van der Waals surface area contributed by atoms with Crippen LogP contribution in [0.5, 0.6) is 5.75 Å². The number of nitrogens with one attached hydrogen (secondary N) is 1. The average Bonchev–Trinajstić information content (AvgIpc) is 3.15. The molecular formula is C22H29ClN4O2. The average molecular weight is 417 g/mol. The van der Waals surface area contributed by atoms with E-state index in [-0.39, 0.29) is 17.8 Å². The predicted octanol–water partition coefficient (Wildman–Crippen LogP) is 4.69. The van der Waals surface area contributed by atoms with E-state index in [1.807, 2.05) is 24.3 Å². The van der Waals surface area contributed by atoms with Crippen molar-refractivity contribution in [1.29, 1.82) is 0 Å². The van der Waals surface area contributed by atoms with Crippen LogP contribution in [0.3, 0.4) is 0 Å². The highest BCUT2D eigenvalue weighted by Gasteiger charge is 2.27. The summed E-state index contributed by atoms with van der Waals surface area (Å²) in [7, 11) is 0. The van der Waals surface area contributed by atoms with Gasteiger partial charge in [0.25, 0.3) is 0 Å². The van der Waals surface area contributed by atoms with Gasteiger partial charge in [-0.2, -0.15) is 4.98 Å². The van der Waals surface area contributed by atoms with Crippen LogP contribution in [0.15, 0.2) is 30.5 Å². The van der Waals surface area contributed by atoms with Crippen molar-refractivity contribution in [2.45, 2.75) is 52.1 Å². The molecule has 0 bridgehead atoms. The first kappa shape index (κ1) is 21.4. The summed E-state index contributed by atoms with van der Waals surface area (Å²) >= 11 is 6.34. The zero-order chi connectivity index (χ0) is 20.8. The van der Waals surface area contributed by atoms with Crippen LogP contribution in [0.25, 0.3) is 0 Å². The third kappa shape index (κ3) is 5.82. The zero-order valence-corrected chi connectivity index (χ0v) is 18.1. The van der Waals surface area contributed by atoms with E-state index in [4.69, 9.17) is 16.3 Å². The fourth-order valence-corrected chi connectivity index (χ4v) is 3.75. The van der Waals surface area contributed by atoms with Gasteiger partial charge in [0.15, 0.2) is 5.82 Å². The molecule has 1 fully saturated rings. The van der Waals surface area contributed by atoms with Crippen LogP contribution in [0.1, 0.15) is 51.5 Å². The van der Waals surface area contributed by atoms with E-state index in [0.717, 1.165) is 49.6 Å². The smallest absolute Gasteiger partial charge is 0.224 e. The Morgan fingerprint density at radius 2 is 2.14 bits per heavy atom. The van der Waals surface area contributed by atoms with Gasteiger partial charge in [-0.3, -0.25) is 0 Å². The van der Waals surface area contributed by atoms with Gasteiger partial charge in [0.1, 0.15) is 22.7 Å². The molecule has 1 aromatic heterocycles. The zero-order valence-electron chi connectivity index (χ0n) is 17.3. The van der Waals surface area contributed by atoms with Crippen LogP contribution in [0.2, 0.25) is 5.02 Å². The summed E-state index contributed by atoms with van der Waals surface area (Å²) in [4.78, 5) is 22.3. The maximum Gasteiger partial charge on any atom is 0.224 e. The Labute approximate surface area is 177 Å². The molecule has 1 aromatic carbocycles. The molecule has 1 aliphatic rings. The molecule has 0 aliphatic carbocycles. The van der Waals surface area contributed by atoms with E-state index in [9.17, 15) is 4.79 Å². The van der Waals surface area contributed by atoms with Crippen LogP contribution >= 0.6 is 11.6 Å². The highest BCUT2D eigenvalue weighted by Crippen LogP contribution is 2.29. The fourth-order valence-electron chi connectivity index (χ4n) is 3.54. The molecule has 2 heterocycles. The largest absolute Gasteiger partial charge is 0.489 e. The second-order valence-corrected chi connectivity index (χ2v) is 8.05. The molecule has 1 N–H and O–H groups in total. The van der Waals surface area contributed by atoms with E-state index in [0.29, 0.717) is 17.4 Å². The number of carbonyl (C=O) groups excluding carboxylic acids is 1. The lowest BCUT2D eigenvalue weighted by molar-refractivity contribution is -0.117. The summed E-state index contributed by atoms with van der Waals surface area (Å²) in [6.45, 7) is 8.19. The Morgan fingerprint density at radius 1 is 1.38 bits per heavy atom. The third-order valence-electron chi connectivity index (χ3n) is 5.05. The van der Waals surface area contributed by atoms with Gasteiger partial charge >= 0.3 is 0 Å². The Morgan fingerprint density at radius 3 is 2.83 bits per heavy atom. The first-order valence-corrected chi connectivity index (χ1v) is 10.6. The van der Waals surface area contributed by atoms with Crippen molar-refractivity contribution in [3.05, 3.63) is 41.0 Å². The molecule has 7 heteroatoms. The number of aromatic nitrogens is 2. The number of ketones is 1. The second-order valence-electron chi connectivity index (χ2n) is 7.64. The summed E-state index contributed by atoms with van der Waals surface area (Å²) in [5.41, 5.74) is 1.15. The lowest BCUT2D eigenvalue weighted by atomic mass is 9.96. The summed E-state index contributed by atoms with van der Waals surface area (Å²) in [5.74, 6) is 2.62. The minimum atomic E-state index is 0.0774. The number of benzene rings is 1. The van der Waals surface area contributed by atoms with Crippen molar-refractivity contribution in [3.63, 3.8) is 0 Å². The van der Waals surface area contributed by atoms with Gasteiger partial charge in [0, 0.05) is 25.9 Å². The Kier molecular flexibility index (Phi) is 7.31. The van der Waals surface area contributed by atoms with Gasteiger partial charge in [0.05, 0.1) is 12.7 Å². The number of Topliss-reactive ketones (excluding diaryl/α,β-unsaturated/α-hetero) is 1.